The van der Waals surface area contributed by atoms with Gasteiger partial charge in [-0.05, 0) is 38.1 Å². The normalized spacial score (nSPS) is 11.3. The molecule has 1 amide bonds. The number of halogens is 4. The average molecular weight is 448 g/mol. The van der Waals surface area contributed by atoms with Crippen LogP contribution in [0.3, 0.4) is 0 Å². The molecule has 0 saturated carbocycles. The zero-order chi connectivity index (χ0) is 22.6. The third kappa shape index (κ3) is 5.17. The fourth-order valence-electron chi connectivity index (χ4n) is 3.20. The number of rotatable bonds is 6. The smallest absolute Gasteiger partial charge is 0.371 e. The van der Waals surface area contributed by atoms with E-state index < -0.39 is 17.6 Å². The van der Waals surface area contributed by atoms with Gasteiger partial charge in [0.25, 0.3) is 5.91 Å². The highest BCUT2D eigenvalue weighted by Crippen LogP contribution is 2.33. The van der Waals surface area contributed by atoms with E-state index in [0.29, 0.717) is 11.4 Å². The molecule has 0 aliphatic rings. The quantitative estimate of drug-likeness (QED) is 0.468. The van der Waals surface area contributed by atoms with E-state index in [1.54, 1.807) is 12.3 Å². The van der Waals surface area contributed by atoms with Crippen molar-refractivity contribution in [3.63, 3.8) is 0 Å². The van der Waals surface area contributed by atoms with Gasteiger partial charge in [0.05, 0.1) is 39.4 Å². The number of carbonyl (C=O) groups is 1. The van der Waals surface area contributed by atoms with Crippen molar-refractivity contribution in [2.45, 2.75) is 20.0 Å². The fraction of sp³-hybridized carbons (Fsp3) is 0.217. The second kappa shape index (κ2) is 9.39. The van der Waals surface area contributed by atoms with E-state index >= 15 is 0 Å². The zero-order valence-electron chi connectivity index (χ0n) is 17.0. The highest BCUT2D eigenvalue weighted by Gasteiger charge is 2.31. The SMILES string of the molecule is CCN(CC)c1cnc(-c2ccccc2)c(NC(=O)c2ccc(C(F)(F)F)cc2Cl)c1. The molecule has 0 aliphatic carbocycles. The van der Waals surface area contributed by atoms with Gasteiger partial charge in [-0.1, -0.05) is 41.9 Å². The summed E-state index contributed by atoms with van der Waals surface area (Å²) in [7, 11) is 0. The average Bonchev–Trinajstić information content (AvgIpc) is 2.74. The van der Waals surface area contributed by atoms with Crippen molar-refractivity contribution in [1.29, 1.82) is 0 Å². The minimum absolute atomic E-state index is 0.0538. The van der Waals surface area contributed by atoms with Crippen LogP contribution in [0.1, 0.15) is 29.8 Å². The van der Waals surface area contributed by atoms with Crippen LogP contribution in [0.5, 0.6) is 0 Å². The molecule has 3 aromatic rings. The molecule has 0 radical (unpaired) electrons. The molecule has 1 aromatic heterocycles. The Morgan fingerprint density at radius 1 is 1.06 bits per heavy atom. The van der Waals surface area contributed by atoms with Crippen LogP contribution in [-0.4, -0.2) is 24.0 Å². The fourth-order valence-corrected chi connectivity index (χ4v) is 3.47. The van der Waals surface area contributed by atoms with Gasteiger partial charge < -0.3 is 10.2 Å². The molecule has 0 fully saturated rings. The molecular formula is C23H21ClF3N3O. The highest BCUT2D eigenvalue weighted by molar-refractivity contribution is 6.34. The van der Waals surface area contributed by atoms with Crippen LogP contribution >= 0.6 is 11.6 Å². The molecule has 0 bridgehead atoms. The molecule has 1 heterocycles. The molecule has 0 saturated heterocycles. The zero-order valence-corrected chi connectivity index (χ0v) is 17.8. The highest BCUT2D eigenvalue weighted by atomic mass is 35.5. The molecule has 1 N–H and O–H groups in total. The largest absolute Gasteiger partial charge is 0.416 e. The van der Waals surface area contributed by atoms with Crippen molar-refractivity contribution in [3.8, 4) is 11.3 Å². The Morgan fingerprint density at radius 3 is 2.32 bits per heavy atom. The number of hydrogen-bond donors (Lipinski definition) is 1. The van der Waals surface area contributed by atoms with Crippen LogP contribution in [0.15, 0.2) is 60.8 Å². The number of alkyl halides is 3. The van der Waals surface area contributed by atoms with Crippen LogP contribution < -0.4 is 10.2 Å². The number of benzene rings is 2. The lowest BCUT2D eigenvalue weighted by Crippen LogP contribution is -2.22. The number of hydrogen-bond acceptors (Lipinski definition) is 3. The molecule has 0 spiro atoms. The van der Waals surface area contributed by atoms with Crippen molar-refractivity contribution in [3.05, 3.63) is 76.9 Å². The number of nitrogens with zero attached hydrogens (tertiary/aromatic N) is 2. The third-order valence-corrected chi connectivity index (χ3v) is 5.15. The minimum Gasteiger partial charge on any atom is -0.371 e. The van der Waals surface area contributed by atoms with E-state index in [9.17, 15) is 18.0 Å². The van der Waals surface area contributed by atoms with E-state index in [4.69, 9.17) is 11.6 Å². The van der Waals surface area contributed by atoms with E-state index in [0.717, 1.165) is 42.5 Å². The van der Waals surface area contributed by atoms with Gasteiger partial charge in [0.15, 0.2) is 0 Å². The number of carbonyl (C=O) groups excluding carboxylic acids is 1. The van der Waals surface area contributed by atoms with Crippen molar-refractivity contribution in [2.75, 3.05) is 23.3 Å². The Hall–Kier alpha value is -3.06. The second-order valence-electron chi connectivity index (χ2n) is 6.77. The van der Waals surface area contributed by atoms with Gasteiger partial charge in [-0.2, -0.15) is 13.2 Å². The minimum atomic E-state index is -4.54. The van der Waals surface area contributed by atoms with Gasteiger partial charge in [-0.3, -0.25) is 9.78 Å². The number of pyridine rings is 1. The van der Waals surface area contributed by atoms with Gasteiger partial charge in [0.1, 0.15) is 0 Å². The summed E-state index contributed by atoms with van der Waals surface area (Å²) in [6.45, 7) is 5.52. The molecule has 2 aromatic carbocycles. The van der Waals surface area contributed by atoms with E-state index in [2.05, 4.69) is 15.2 Å². The summed E-state index contributed by atoms with van der Waals surface area (Å²) < 4.78 is 38.7. The summed E-state index contributed by atoms with van der Waals surface area (Å²) in [6, 6.07) is 13.8. The molecule has 0 aliphatic heterocycles. The van der Waals surface area contributed by atoms with Gasteiger partial charge in [0, 0.05) is 18.7 Å². The number of amides is 1. The molecule has 8 heteroatoms. The van der Waals surface area contributed by atoms with Gasteiger partial charge in [-0.25, -0.2) is 0 Å². The Balaban J connectivity index is 2.00. The summed E-state index contributed by atoms with van der Waals surface area (Å²) in [4.78, 5) is 19.5. The first-order valence-electron chi connectivity index (χ1n) is 9.73. The predicted molar refractivity (Wildman–Crippen MR) is 118 cm³/mol. The molecule has 4 nitrogen and oxygen atoms in total. The topological polar surface area (TPSA) is 45.2 Å². The van der Waals surface area contributed by atoms with Crippen LogP contribution in [0.2, 0.25) is 5.02 Å². The number of aromatic nitrogens is 1. The Morgan fingerprint density at radius 2 is 1.74 bits per heavy atom. The Labute approximate surface area is 183 Å². The molecule has 162 valence electrons. The molecular weight excluding hydrogens is 427 g/mol. The van der Waals surface area contributed by atoms with Crippen LogP contribution in [0.4, 0.5) is 24.5 Å². The predicted octanol–water partition coefficient (Wildman–Crippen LogP) is 6.52. The van der Waals surface area contributed by atoms with E-state index in [-0.39, 0.29) is 10.6 Å². The first-order valence-corrected chi connectivity index (χ1v) is 10.1. The van der Waals surface area contributed by atoms with Crippen LogP contribution in [-0.2, 0) is 6.18 Å². The summed E-state index contributed by atoms with van der Waals surface area (Å²) in [5, 5.41) is 2.50. The van der Waals surface area contributed by atoms with Gasteiger partial charge >= 0.3 is 6.18 Å². The Bertz CT molecular complexity index is 1070. The third-order valence-electron chi connectivity index (χ3n) is 4.84. The summed E-state index contributed by atoms with van der Waals surface area (Å²) in [5.41, 5.74) is 1.64. The standard InChI is InChI=1S/C23H21ClF3N3O/c1-3-30(4-2)17-13-20(21(28-14-17)15-8-6-5-7-9-15)29-22(31)18-11-10-16(12-19(18)24)23(25,26)27/h5-14H,3-4H2,1-2H3,(H,29,31). The van der Waals surface area contributed by atoms with Crippen molar-refractivity contribution < 1.29 is 18.0 Å². The lowest BCUT2D eigenvalue weighted by molar-refractivity contribution is -0.137. The van der Waals surface area contributed by atoms with Crippen molar-refractivity contribution in [1.82, 2.24) is 4.98 Å². The maximum atomic E-state index is 12.9. The second-order valence-corrected chi connectivity index (χ2v) is 7.18. The molecule has 0 atom stereocenters. The van der Waals surface area contributed by atoms with Gasteiger partial charge in [-0.15, -0.1) is 0 Å². The van der Waals surface area contributed by atoms with Crippen molar-refractivity contribution >= 4 is 28.9 Å². The summed E-state index contributed by atoms with van der Waals surface area (Å²) in [5.74, 6) is -0.616. The summed E-state index contributed by atoms with van der Waals surface area (Å²) >= 11 is 6.00. The van der Waals surface area contributed by atoms with Crippen molar-refractivity contribution in [2.24, 2.45) is 0 Å². The number of anilines is 2. The maximum absolute atomic E-state index is 12.9. The first-order chi connectivity index (χ1) is 14.7. The monoisotopic (exact) mass is 447 g/mol. The first kappa shape index (κ1) is 22.6. The summed E-state index contributed by atoms with van der Waals surface area (Å²) in [6.07, 6.45) is -2.81. The lowest BCUT2D eigenvalue weighted by Gasteiger charge is -2.22. The van der Waals surface area contributed by atoms with Crippen LogP contribution in [0.25, 0.3) is 11.3 Å². The maximum Gasteiger partial charge on any atom is 0.416 e. The van der Waals surface area contributed by atoms with E-state index in [1.165, 1.54) is 0 Å². The Kier molecular flexibility index (Phi) is 6.85. The molecule has 3 rings (SSSR count). The van der Waals surface area contributed by atoms with E-state index in [1.807, 2.05) is 44.2 Å². The van der Waals surface area contributed by atoms with Gasteiger partial charge in [0.2, 0.25) is 0 Å². The van der Waals surface area contributed by atoms with Crippen LogP contribution in [0, 0.1) is 0 Å². The molecule has 31 heavy (non-hydrogen) atoms. The number of nitrogens with one attached hydrogen (secondary N) is 1. The lowest BCUT2D eigenvalue weighted by atomic mass is 10.1. The molecule has 0 unspecified atom stereocenters.